The van der Waals surface area contributed by atoms with Gasteiger partial charge in [-0.3, -0.25) is 4.79 Å². The standard InChI is InChI=1S/C8H8N4O2/c9-6(8(13)14)7-10-5-3-1-2-4-12(5)11-7/h1-4,6H,9H2,(H,13,14). The number of carbonyl (C=O) groups is 1. The van der Waals surface area contributed by atoms with Crippen LogP contribution in [0.15, 0.2) is 24.4 Å². The summed E-state index contributed by atoms with van der Waals surface area (Å²) in [5.41, 5.74) is 5.95. The molecule has 2 rings (SSSR count). The van der Waals surface area contributed by atoms with E-state index in [1.165, 1.54) is 4.52 Å². The molecule has 1 unspecified atom stereocenters. The molecule has 14 heavy (non-hydrogen) atoms. The number of aliphatic carboxylic acids is 1. The number of pyridine rings is 1. The second-order valence-electron chi connectivity index (χ2n) is 2.79. The zero-order chi connectivity index (χ0) is 10.1. The fourth-order valence-electron chi connectivity index (χ4n) is 1.09. The normalized spacial score (nSPS) is 12.9. The van der Waals surface area contributed by atoms with Gasteiger partial charge in [-0.25, -0.2) is 9.50 Å². The summed E-state index contributed by atoms with van der Waals surface area (Å²) < 4.78 is 1.48. The molecule has 2 heterocycles. The molecule has 0 aliphatic heterocycles. The molecular weight excluding hydrogens is 184 g/mol. The minimum absolute atomic E-state index is 0.115. The van der Waals surface area contributed by atoms with E-state index in [-0.39, 0.29) is 5.82 Å². The largest absolute Gasteiger partial charge is 0.480 e. The van der Waals surface area contributed by atoms with Gasteiger partial charge in [0.25, 0.3) is 0 Å². The zero-order valence-electron chi connectivity index (χ0n) is 7.16. The third-order valence-corrected chi connectivity index (χ3v) is 1.80. The molecule has 0 fully saturated rings. The van der Waals surface area contributed by atoms with E-state index in [0.29, 0.717) is 5.65 Å². The van der Waals surface area contributed by atoms with Gasteiger partial charge < -0.3 is 10.8 Å². The van der Waals surface area contributed by atoms with E-state index in [2.05, 4.69) is 10.1 Å². The van der Waals surface area contributed by atoms with Gasteiger partial charge in [0.1, 0.15) is 0 Å². The van der Waals surface area contributed by atoms with Crippen LogP contribution in [0, 0.1) is 0 Å². The highest BCUT2D eigenvalue weighted by molar-refractivity contribution is 5.74. The topological polar surface area (TPSA) is 93.5 Å². The molecule has 0 amide bonds. The molecule has 2 aromatic rings. The van der Waals surface area contributed by atoms with Crippen molar-refractivity contribution >= 4 is 11.6 Å². The highest BCUT2D eigenvalue weighted by Gasteiger charge is 2.19. The lowest BCUT2D eigenvalue weighted by atomic mass is 10.3. The summed E-state index contributed by atoms with van der Waals surface area (Å²) >= 11 is 0. The summed E-state index contributed by atoms with van der Waals surface area (Å²) in [6.07, 6.45) is 1.68. The molecule has 0 aliphatic carbocycles. The van der Waals surface area contributed by atoms with Gasteiger partial charge in [0.05, 0.1) is 0 Å². The van der Waals surface area contributed by atoms with Crippen molar-refractivity contribution in [1.29, 1.82) is 0 Å². The number of hydrogen-bond donors (Lipinski definition) is 2. The highest BCUT2D eigenvalue weighted by Crippen LogP contribution is 2.07. The van der Waals surface area contributed by atoms with Gasteiger partial charge in [0, 0.05) is 6.20 Å². The first-order valence-electron chi connectivity index (χ1n) is 3.98. The Bertz CT molecular complexity index is 446. The smallest absolute Gasteiger partial charge is 0.328 e. The number of rotatable bonds is 2. The summed E-state index contributed by atoms with van der Waals surface area (Å²) in [4.78, 5) is 14.5. The average molecular weight is 192 g/mol. The van der Waals surface area contributed by atoms with Crippen LogP contribution in [0.25, 0.3) is 5.65 Å². The van der Waals surface area contributed by atoms with Gasteiger partial charge in [-0.15, -0.1) is 5.10 Å². The van der Waals surface area contributed by atoms with Crippen LogP contribution < -0.4 is 5.73 Å². The maximum absolute atomic E-state index is 10.6. The van der Waals surface area contributed by atoms with E-state index in [9.17, 15) is 4.79 Å². The fourth-order valence-corrected chi connectivity index (χ4v) is 1.09. The van der Waals surface area contributed by atoms with E-state index < -0.39 is 12.0 Å². The summed E-state index contributed by atoms with van der Waals surface area (Å²) in [6, 6.07) is 4.12. The quantitative estimate of drug-likeness (QED) is 0.688. The van der Waals surface area contributed by atoms with E-state index in [1.54, 1.807) is 24.4 Å². The lowest BCUT2D eigenvalue weighted by Crippen LogP contribution is -2.22. The molecule has 2 aromatic heterocycles. The average Bonchev–Trinajstić information content (AvgIpc) is 2.59. The molecule has 72 valence electrons. The van der Waals surface area contributed by atoms with Crippen molar-refractivity contribution in [3.63, 3.8) is 0 Å². The Morgan fingerprint density at radius 2 is 2.36 bits per heavy atom. The van der Waals surface area contributed by atoms with Crippen molar-refractivity contribution in [2.45, 2.75) is 6.04 Å². The number of nitrogens with two attached hydrogens (primary N) is 1. The summed E-state index contributed by atoms with van der Waals surface area (Å²) in [5.74, 6) is -1.02. The molecule has 3 N–H and O–H groups in total. The molecule has 0 aliphatic rings. The lowest BCUT2D eigenvalue weighted by Gasteiger charge is -1.97. The molecule has 6 heteroatoms. The first-order chi connectivity index (χ1) is 6.68. The minimum atomic E-state index is -1.17. The highest BCUT2D eigenvalue weighted by atomic mass is 16.4. The van der Waals surface area contributed by atoms with E-state index in [1.807, 2.05) is 0 Å². The van der Waals surface area contributed by atoms with E-state index in [0.717, 1.165) is 0 Å². The molecule has 0 radical (unpaired) electrons. The Balaban J connectivity index is 2.50. The van der Waals surface area contributed by atoms with Gasteiger partial charge in [0.15, 0.2) is 17.5 Å². The lowest BCUT2D eigenvalue weighted by molar-refractivity contribution is -0.138. The van der Waals surface area contributed by atoms with Crippen molar-refractivity contribution < 1.29 is 9.90 Å². The van der Waals surface area contributed by atoms with Crippen LogP contribution in [-0.2, 0) is 4.79 Å². The predicted octanol–water partition coefficient (Wildman–Crippen LogP) is -0.186. The second kappa shape index (κ2) is 3.08. The van der Waals surface area contributed by atoms with Gasteiger partial charge in [-0.05, 0) is 12.1 Å². The Morgan fingerprint density at radius 1 is 1.57 bits per heavy atom. The fraction of sp³-hybridized carbons (Fsp3) is 0.125. The van der Waals surface area contributed by atoms with Crippen molar-refractivity contribution in [3.8, 4) is 0 Å². The number of carboxylic acid groups (broad SMARTS) is 1. The third-order valence-electron chi connectivity index (χ3n) is 1.80. The van der Waals surface area contributed by atoms with Gasteiger partial charge >= 0.3 is 5.97 Å². The summed E-state index contributed by atoms with van der Waals surface area (Å²) in [5, 5.41) is 12.6. The van der Waals surface area contributed by atoms with Crippen LogP contribution in [0.4, 0.5) is 0 Å². The molecule has 0 spiro atoms. The molecule has 6 nitrogen and oxygen atoms in total. The SMILES string of the molecule is NC(C(=O)O)c1nc2ccccn2n1. The molecule has 1 atom stereocenters. The second-order valence-corrected chi connectivity index (χ2v) is 2.79. The van der Waals surface area contributed by atoms with E-state index in [4.69, 9.17) is 10.8 Å². The zero-order valence-corrected chi connectivity index (χ0v) is 7.16. The number of aromatic nitrogens is 3. The summed E-state index contributed by atoms with van der Waals surface area (Å²) in [7, 11) is 0. The Labute approximate surface area is 79.0 Å². The Morgan fingerprint density at radius 3 is 3.00 bits per heavy atom. The monoisotopic (exact) mass is 192 g/mol. The number of carboxylic acids is 1. The molecular formula is C8H8N4O2. The molecule has 0 bridgehead atoms. The summed E-state index contributed by atoms with van der Waals surface area (Å²) in [6.45, 7) is 0. The number of hydrogen-bond acceptors (Lipinski definition) is 4. The van der Waals surface area contributed by atoms with Crippen LogP contribution >= 0.6 is 0 Å². The van der Waals surface area contributed by atoms with Crippen molar-refractivity contribution in [2.24, 2.45) is 5.73 Å². The van der Waals surface area contributed by atoms with Gasteiger partial charge in [0.2, 0.25) is 0 Å². The van der Waals surface area contributed by atoms with Crippen LogP contribution in [0.2, 0.25) is 0 Å². The van der Waals surface area contributed by atoms with Crippen LogP contribution in [-0.4, -0.2) is 25.7 Å². The third kappa shape index (κ3) is 1.31. The Kier molecular flexibility index (Phi) is 1.90. The van der Waals surface area contributed by atoms with Gasteiger partial charge in [-0.2, -0.15) is 0 Å². The van der Waals surface area contributed by atoms with Crippen LogP contribution in [0.1, 0.15) is 11.9 Å². The van der Waals surface area contributed by atoms with E-state index >= 15 is 0 Å². The van der Waals surface area contributed by atoms with Gasteiger partial charge in [-0.1, -0.05) is 6.07 Å². The van der Waals surface area contributed by atoms with Crippen molar-refractivity contribution in [2.75, 3.05) is 0 Å². The molecule has 0 saturated carbocycles. The minimum Gasteiger partial charge on any atom is -0.480 e. The first kappa shape index (κ1) is 8.64. The van der Waals surface area contributed by atoms with Crippen molar-refractivity contribution in [3.05, 3.63) is 30.2 Å². The number of nitrogens with zero attached hydrogens (tertiary/aromatic N) is 3. The maximum atomic E-state index is 10.6. The Hall–Kier alpha value is -1.95. The number of fused-ring (bicyclic) bond motifs is 1. The first-order valence-corrected chi connectivity index (χ1v) is 3.98. The predicted molar refractivity (Wildman–Crippen MR) is 47.6 cm³/mol. The van der Waals surface area contributed by atoms with Crippen LogP contribution in [0.5, 0.6) is 0 Å². The molecule has 0 saturated heterocycles. The maximum Gasteiger partial charge on any atom is 0.328 e. The van der Waals surface area contributed by atoms with Crippen molar-refractivity contribution in [1.82, 2.24) is 14.6 Å². The van der Waals surface area contributed by atoms with Crippen LogP contribution in [0.3, 0.4) is 0 Å². The molecule has 0 aromatic carbocycles.